The van der Waals surface area contributed by atoms with Crippen molar-refractivity contribution in [1.29, 1.82) is 0 Å². The summed E-state index contributed by atoms with van der Waals surface area (Å²) in [5, 5.41) is 16.1. The van der Waals surface area contributed by atoms with E-state index in [0.29, 0.717) is 6.54 Å². The van der Waals surface area contributed by atoms with Gasteiger partial charge in [-0.2, -0.15) is 0 Å². The maximum absolute atomic E-state index is 12.3. The molecule has 1 amide bonds. The van der Waals surface area contributed by atoms with Crippen LogP contribution < -0.4 is 10.6 Å². The molecule has 0 spiro atoms. The molecule has 0 unspecified atom stereocenters. The van der Waals surface area contributed by atoms with Crippen molar-refractivity contribution in [1.82, 2.24) is 20.6 Å². The molecule has 1 aliphatic carbocycles. The Morgan fingerprint density at radius 3 is 2.44 bits per heavy atom. The molecule has 1 saturated heterocycles. The number of amides is 1. The highest BCUT2D eigenvalue weighted by Crippen LogP contribution is 2.33. The van der Waals surface area contributed by atoms with Gasteiger partial charge in [-0.25, -0.2) is 9.97 Å². The van der Waals surface area contributed by atoms with Crippen molar-refractivity contribution in [2.75, 3.05) is 13.2 Å². The number of nitrogens with zero attached hydrogens (tertiary/aromatic N) is 2. The van der Waals surface area contributed by atoms with Crippen LogP contribution in [0.15, 0.2) is 43.0 Å². The van der Waals surface area contributed by atoms with Crippen molar-refractivity contribution in [3.8, 4) is 11.1 Å². The third-order valence-electron chi connectivity index (χ3n) is 5.90. The molecule has 6 heteroatoms. The van der Waals surface area contributed by atoms with Gasteiger partial charge in [-0.05, 0) is 24.0 Å². The Morgan fingerprint density at radius 2 is 1.78 bits per heavy atom. The minimum Gasteiger partial charge on any atom is -0.395 e. The number of carbonyl (C=O) groups excluding carboxylic acids is 1. The van der Waals surface area contributed by atoms with Gasteiger partial charge in [0.1, 0.15) is 6.33 Å². The molecule has 1 aliphatic heterocycles. The fourth-order valence-corrected chi connectivity index (χ4v) is 4.35. The summed E-state index contributed by atoms with van der Waals surface area (Å²) in [6.45, 7) is 0.691. The van der Waals surface area contributed by atoms with Crippen molar-refractivity contribution in [2.24, 2.45) is 5.92 Å². The second kappa shape index (κ2) is 8.15. The molecule has 1 saturated carbocycles. The zero-order valence-corrected chi connectivity index (χ0v) is 15.3. The third kappa shape index (κ3) is 3.87. The van der Waals surface area contributed by atoms with E-state index in [0.717, 1.165) is 36.8 Å². The first kappa shape index (κ1) is 18.1. The lowest BCUT2D eigenvalue weighted by atomic mass is 9.77. The van der Waals surface area contributed by atoms with Gasteiger partial charge in [-0.3, -0.25) is 4.79 Å². The van der Waals surface area contributed by atoms with Crippen LogP contribution in [0.25, 0.3) is 11.1 Å². The van der Waals surface area contributed by atoms with Gasteiger partial charge in [0, 0.05) is 48.4 Å². The molecule has 2 aromatic rings. The quantitative estimate of drug-likeness (QED) is 0.726. The van der Waals surface area contributed by atoms with Gasteiger partial charge in [-0.15, -0.1) is 0 Å². The van der Waals surface area contributed by atoms with E-state index in [1.54, 1.807) is 12.4 Å². The standard InChI is InChI=1S/C21H26N4O2/c26-12-19-20(18(25-19)11-24-21(27)16-3-1-2-4-16)15-7-5-14(6-8-15)17-9-22-13-23-10-17/h5-10,13,16,18-20,25-26H,1-4,11-12H2,(H,24,27)/t18-,19-,20-/m0/s1. The van der Waals surface area contributed by atoms with E-state index in [4.69, 9.17) is 0 Å². The summed E-state index contributed by atoms with van der Waals surface area (Å²) < 4.78 is 0. The summed E-state index contributed by atoms with van der Waals surface area (Å²) in [6.07, 6.45) is 9.46. The first-order chi connectivity index (χ1) is 13.3. The van der Waals surface area contributed by atoms with E-state index in [2.05, 4.69) is 44.9 Å². The summed E-state index contributed by atoms with van der Waals surface area (Å²) in [6, 6.07) is 8.51. The smallest absolute Gasteiger partial charge is 0.223 e. The lowest BCUT2D eigenvalue weighted by Gasteiger charge is -2.46. The molecule has 0 radical (unpaired) electrons. The molecule has 3 N–H and O–H groups in total. The highest BCUT2D eigenvalue weighted by atomic mass is 16.3. The zero-order valence-electron chi connectivity index (χ0n) is 15.3. The molecule has 0 bridgehead atoms. The molecule has 6 nitrogen and oxygen atoms in total. The molecule has 1 aromatic carbocycles. The second-order valence-electron chi connectivity index (χ2n) is 7.56. The minimum atomic E-state index is 0.0318. The van der Waals surface area contributed by atoms with Crippen LogP contribution >= 0.6 is 0 Å². The van der Waals surface area contributed by atoms with Crippen LogP contribution in [0.1, 0.15) is 37.2 Å². The number of hydrogen-bond acceptors (Lipinski definition) is 5. The van der Waals surface area contributed by atoms with E-state index in [9.17, 15) is 9.90 Å². The van der Waals surface area contributed by atoms with Gasteiger partial charge in [0.05, 0.1) is 6.61 Å². The van der Waals surface area contributed by atoms with E-state index >= 15 is 0 Å². The van der Waals surface area contributed by atoms with Crippen molar-refractivity contribution in [2.45, 2.75) is 43.7 Å². The molecular weight excluding hydrogens is 340 g/mol. The number of nitrogens with one attached hydrogen (secondary N) is 2. The number of aliphatic hydroxyl groups excluding tert-OH is 1. The number of aliphatic hydroxyl groups is 1. The normalized spacial score (nSPS) is 25.1. The Labute approximate surface area is 159 Å². The van der Waals surface area contributed by atoms with Crippen molar-refractivity contribution in [3.63, 3.8) is 0 Å². The third-order valence-corrected chi connectivity index (χ3v) is 5.90. The fourth-order valence-electron chi connectivity index (χ4n) is 4.35. The van der Waals surface area contributed by atoms with Crippen molar-refractivity contribution < 1.29 is 9.90 Å². The lowest BCUT2D eigenvalue weighted by Crippen LogP contribution is -2.64. The maximum atomic E-state index is 12.3. The van der Waals surface area contributed by atoms with Crippen LogP contribution in [0.2, 0.25) is 0 Å². The number of rotatable bonds is 6. The van der Waals surface area contributed by atoms with E-state index in [1.165, 1.54) is 11.9 Å². The Balaban J connectivity index is 1.41. The largest absolute Gasteiger partial charge is 0.395 e. The average molecular weight is 366 g/mol. The monoisotopic (exact) mass is 366 g/mol. The van der Waals surface area contributed by atoms with Crippen LogP contribution in [0.4, 0.5) is 0 Å². The molecule has 27 heavy (non-hydrogen) atoms. The fraction of sp³-hybridized carbons (Fsp3) is 0.476. The Morgan fingerprint density at radius 1 is 1.07 bits per heavy atom. The Hall–Kier alpha value is -2.31. The molecule has 3 atom stereocenters. The van der Waals surface area contributed by atoms with Gasteiger partial charge in [0.2, 0.25) is 5.91 Å². The predicted molar refractivity (Wildman–Crippen MR) is 103 cm³/mol. The van der Waals surface area contributed by atoms with Gasteiger partial charge >= 0.3 is 0 Å². The first-order valence-electron chi connectivity index (χ1n) is 9.76. The van der Waals surface area contributed by atoms with E-state index in [-0.39, 0.29) is 36.4 Å². The zero-order chi connectivity index (χ0) is 18.6. The molecular formula is C21H26N4O2. The number of hydrogen-bond donors (Lipinski definition) is 3. The van der Waals surface area contributed by atoms with Crippen LogP contribution in [0.3, 0.4) is 0 Å². The van der Waals surface area contributed by atoms with Crippen LogP contribution in [0.5, 0.6) is 0 Å². The lowest BCUT2D eigenvalue weighted by molar-refractivity contribution is -0.125. The van der Waals surface area contributed by atoms with Crippen LogP contribution in [-0.2, 0) is 4.79 Å². The van der Waals surface area contributed by atoms with Gasteiger partial charge < -0.3 is 15.7 Å². The summed E-state index contributed by atoms with van der Waals surface area (Å²) in [7, 11) is 0. The predicted octanol–water partition coefficient (Wildman–Crippen LogP) is 1.87. The summed E-state index contributed by atoms with van der Waals surface area (Å²) in [4.78, 5) is 20.4. The van der Waals surface area contributed by atoms with Gasteiger partial charge in [0.25, 0.3) is 0 Å². The number of carbonyl (C=O) groups is 1. The number of aromatic nitrogens is 2. The second-order valence-corrected chi connectivity index (χ2v) is 7.56. The average Bonchev–Trinajstić information content (AvgIpc) is 3.23. The summed E-state index contributed by atoms with van der Waals surface area (Å²) in [5.41, 5.74) is 3.22. The maximum Gasteiger partial charge on any atom is 0.223 e. The summed E-state index contributed by atoms with van der Waals surface area (Å²) in [5.74, 6) is 0.560. The minimum absolute atomic E-state index is 0.0318. The van der Waals surface area contributed by atoms with Gasteiger partial charge in [-0.1, -0.05) is 37.1 Å². The molecule has 2 fully saturated rings. The molecule has 1 aromatic heterocycles. The van der Waals surface area contributed by atoms with Crippen LogP contribution in [0, 0.1) is 5.92 Å². The Kier molecular flexibility index (Phi) is 5.45. The topological polar surface area (TPSA) is 87.1 Å². The van der Waals surface area contributed by atoms with E-state index in [1.807, 2.05) is 0 Å². The molecule has 4 rings (SSSR count). The number of benzene rings is 1. The van der Waals surface area contributed by atoms with Crippen molar-refractivity contribution >= 4 is 5.91 Å². The van der Waals surface area contributed by atoms with E-state index < -0.39 is 0 Å². The highest BCUT2D eigenvalue weighted by molar-refractivity contribution is 5.78. The molecule has 2 aliphatic rings. The first-order valence-corrected chi connectivity index (χ1v) is 9.76. The highest BCUT2D eigenvalue weighted by Gasteiger charge is 2.41. The van der Waals surface area contributed by atoms with Crippen LogP contribution in [-0.4, -0.2) is 46.2 Å². The summed E-state index contributed by atoms with van der Waals surface area (Å²) >= 11 is 0. The molecule has 2 heterocycles. The molecule has 142 valence electrons. The Bertz CT molecular complexity index is 760. The van der Waals surface area contributed by atoms with Gasteiger partial charge in [0.15, 0.2) is 0 Å². The van der Waals surface area contributed by atoms with Crippen molar-refractivity contribution in [3.05, 3.63) is 48.5 Å². The SMILES string of the molecule is O=C(NC[C@@H]1N[C@@H](CO)[C@H]1c1ccc(-c2cncnc2)cc1)C1CCCC1.